The van der Waals surface area contributed by atoms with Crippen LogP contribution in [0.4, 0.5) is 24.5 Å². The molecular weight excluding hydrogens is 335 g/mol. The van der Waals surface area contributed by atoms with Crippen LogP contribution in [-0.4, -0.2) is 31.1 Å². The van der Waals surface area contributed by atoms with Crippen LogP contribution >= 0.6 is 0 Å². The van der Waals surface area contributed by atoms with E-state index in [4.69, 9.17) is 0 Å². The SMILES string of the molecule is C1CCNCC1.O=[N+]([O-])c1cc(C(F)(F)F)ccc1N1CCCCC1. The van der Waals surface area contributed by atoms with Crippen LogP contribution < -0.4 is 10.2 Å². The van der Waals surface area contributed by atoms with E-state index < -0.39 is 22.4 Å². The molecule has 2 saturated heterocycles. The summed E-state index contributed by atoms with van der Waals surface area (Å²) in [5, 5.41) is 14.2. The minimum Gasteiger partial charge on any atom is -0.366 e. The lowest BCUT2D eigenvalue weighted by molar-refractivity contribution is -0.384. The Bertz CT molecular complexity index is 557. The number of rotatable bonds is 2. The second-order valence-corrected chi connectivity index (χ2v) is 6.32. The van der Waals surface area contributed by atoms with Gasteiger partial charge in [-0.1, -0.05) is 6.42 Å². The average molecular weight is 359 g/mol. The quantitative estimate of drug-likeness (QED) is 0.629. The van der Waals surface area contributed by atoms with Crippen molar-refractivity contribution in [3.63, 3.8) is 0 Å². The Hall–Kier alpha value is -1.83. The molecule has 2 fully saturated rings. The summed E-state index contributed by atoms with van der Waals surface area (Å²) >= 11 is 0. The van der Waals surface area contributed by atoms with Gasteiger partial charge in [0.05, 0.1) is 10.5 Å². The van der Waals surface area contributed by atoms with Gasteiger partial charge < -0.3 is 10.2 Å². The molecule has 8 heteroatoms. The summed E-state index contributed by atoms with van der Waals surface area (Å²) in [5.74, 6) is 0. The summed E-state index contributed by atoms with van der Waals surface area (Å²) in [6, 6.07) is 2.72. The van der Waals surface area contributed by atoms with E-state index in [-0.39, 0.29) is 5.69 Å². The topological polar surface area (TPSA) is 58.4 Å². The van der Waals surface area contributed by atoms with Crippen LogP contribution in [0.25, 0.3) is 0 Å². The molecular formula is C17H24F3N3O2. The predicted molar refractivity (Wildman–Crippen MR) is 90.9 cm³/mol. The lowest BCUT2D eigenvalue weighted by Crippen LogP contribution is -2.30. The minimum absolute atomic E-state index is 0.276. The third-order valence-electron chi connectivity index (χ3n) is 4.40. The number of alkyl halides is 3. The molecule has 2 aliphatic rings. The maximum atomic E-state index is 12.6. The Morgan fingerprint density at radius 1 is 1.00 bits per heavy atom. The number of nitrogens with one attached hydrogen (secondary N) is 1. The highest BCUT2D eigenvalue weighted by molar-refractivity contribution is 5.64. The smallest absolute Gasteiger partial charge is 0.366 e. The molecule has 0 bridgehead atoms. The summed E-state index contributed by atoms with van der Waals surface area (Å²) in [6.45, 7) is 3.79. The Labute approximate surface area is 145 Å². The molecule has 1 N–H and O–H groups in total. The summed E-state index contributed by atoms with van der Waals surface area (Å²) in [4.78, 5) is 12.0. The molecule has 0 saturated carbocycles. The summed E-state index contributed by atoms with van der Waals surface area (Å²) in [5.41, 5.74) is -1.19. The minimum atomic E-state index is -4.56. The number of nitro benzene ring substituents is 1. The van der Waals surface area contributed by atoms with Gasteiger partial charge in [-0.3, -0.25) is 10.1 Å². The number of piperidine rings is 2. The van der Waals surface area contributed by atoms with Crippen molar-refractivity contribution in [2.45, 2.75) is 44.7 Å². The number of benzene rings is 1. The molecule has 0 radical (unpaired) electrons. The Balaban J connectivity index is 0.000000316. The van der Waals surface area contributed by atoms with Gasteiger partial charge in [0.2, 0.25) is 0 Å². The van der Waals surface area contributed by atoms with Gasteiger partial charge in [-0.25, -0.2) is 0 Å². The number of hydrogen-bond donors (Lipinski definition) is 1. The van der Waals surface area contributed by atoms with Crippen LogP contribution in [0.15, 0.2) is 18.2 Å². The summed E-state index contributed by atoms with van der Waals surface area (Å²) < 4.78 is 37.7. The maximum absolute atomic E-state index is 12.6. The first-order valence-corrected chi connectivity index (χ1v) is 8.71. The van der Waals surface area contributed by atoms with Crippen molar-refractivity contribution in [1.29, 1.82) is 0 Å². The first-order chi connectivity index (χ1) is 11.9. The van der Waals surface area contributed by atoms with Crippen molar-refractivity contribution in [1.82, 2.24) is 5.32 Å². The van der Waals surface area contributed by atoms with Crippen molar-refractivity contribution >= 4 is 11.4 Å². The summed E-state index contributed by atoms with van der Waals surface area (Å²) in [7, 11) is 0. The van der Waals surface area contributed by atoms with Crippen molar-refractivity contribution < 1.29 is 18.1 Å². The predicted octanol–water partition coefficient (Wildman–Crippen LogP) is 4.36. The molecule has 2 heterocycles. The molecule has 2 aliphatic heterocycles. The molecule has 3 rings (SSSR count). The van der Waals surface area contributed by atoms with Gasteiger partial charge in [-0.2, -0.15) is 13.2 Å². The van der Waals surface area contributed by atoms with Crippen LogP contribution in [0.5, 0.6) is 0 Å². The van der Waals surface area contributed by atoms with E-state index in [0.29, 0.717) is 19.2 Å². The zero-order valence-electron chi connectivity index (χ0n) is 14.1. The van der Waals surface area contributed by atoms with Crippen LogP contribution in [0, 0.1) is 10.1 Å². The van der Waals surface area contributed by atoms with Gasteiger partial charge in [0.1, 0.15) is 5.69 Å². The Kier molecular flexibility index (Phi) is 7.04. The lowest BCUT2D eigenvalue weighted by atomic mass is 10.1. The molecule has 0 aliphatic carbocycles. The molecule has 5 nitrogen and oxygen atoms in total. The van der Waals surface area contributed by atoms with E-state index in [1.54, 1.807) is 4.90 Å². The van der Waals surface area contributed by atoms with Gasteiger partial charge >= 0.3 is 6.18 Å². The molecule has 0 atom stereocenters. The molecule has 0 spiro atoms. The molecule has 0 aromatic heterocycles. The van der Waals surface area contributed by atoms with Crippen LogP contribution in [0.3, 0.4) is 0 Å². The molecule has 1 aromatic rings. The third-order valence-corrected chi connectivity index (χ3v) is 4.40. The Morgan fingerprint density at radius 3 is 2.04 bits per heavy atom. The van der Waals surface area contributed by atoms with Crippen LogP contribution in [0.1, 0.15) is 44.1 Å². The monoisotopic (exact) mass is 359 g/mol. The van der Waals surface area contributed by atoms with E-state index in [1.807, 2.05) is 0 Å². The van der Waals surface area contributed by atoms with Gasteiger partial charge in [0.25, 0.3) is 5.69 Å². The fourth-order valence-electron chi connectivity index (χ4n) is 3.05. The second-order valence-electron chi connectivity index (χ2n) is 6.32. The molecule has 140 valence electrons. The van der Waals surface area contributed by atoms with Gasteiger partial charge in [0.15, 0.2) is 0 Å². The zero-order valence-corrected chi connectivity index (χ0v) is 14.1. The van der Waals surface area contributed by atoms with E-state index >= 15 is 0 Å². The fraction of sp³-hybridized carbons (Fsp3) is 0.647. The number of nitrogens with zero attached hydrogens (tertiary/aromatic N) is 2. The van der Waals surface area contributed by atoms with E-state index in [0.717, 1.165) is 25.3 Å². The number of nitro groups is 1. The Morgan fingerprint density at radius 2 is 1.60 bits per heavy atom. The molecule has 25 heavy (non-hydrogen) atoms. The highest BCUT2D eigenvalue weighted by Gasteiger charge is 2.33. The van der Waals surface area contributed by atoms with E-state index in [2.05, 4.69) is 5.32 Å². The largest absolute Gasteiger partial charge is 0.416 e. The highest BCUT2D eigenvalue weighted by Crippen LogP contribution is 2.37. The number of hydrogen-bond acceptors (Lipinski definition) is 4. The van der Waals surface area contributed by atoms with E-state index in [9.17, 15) is 23.3 Å². The number of halogens is 3. The van der Waals surface area contributed by atoms with Crippen LogP contribution in [-0.2, 0) is 6.18 Å². The molecule has 1 aromatic carbocycles. The van der Waals surface area contributed by atoms with Crippen molar-refractivity contribution in [3.05, 3.63) is 33.9 Å². The zero-order chi connectivity index (χ0) is 18.3. The molecule has 0 amide bonds. The van der Waals surface area contributed by atoms with Crippen LogP contribution in [0.2, 0.25) is 0 Å². The van der Waals surface area contributed by atoms with Crippen molar-refractivity contribution in [2.75, 3.05) is 31.1 Å². The first kappa shape index (κ1) is 19.5. The maximum Gasteiger partial charge on any atom is 0.416 e. The second kappa shape index (κ2) is 9.03. The highest BCUT2D eigenvalue weighted by atomic mass is 19.4. The summed E-state index contributed by atoms with van der Waals surface area (Å²) in [6.07, 6.45) is 2.50. The van der Waals surface area contributed by atoms with Crippen molar-refractivity contribution in [3.8, 4) is 0 Å². The number of anilines is 1. The molecule has 0 unspecified atom stereocenters. The van der Waals surface area contributed by atoms with Gasteiger partial charge in [-0.05, 0) is 57.3 Å². The lowest BCUT2D eigenvalue weighted by Gasteiger charge is -2.28. The fourth-order valence-corrected chi connectivity index (χ4v) is 3.05. The van der Waals surface area contributed by atoms with Gasteiger partial charge in [-0.15, -0.1) is 0 Å². The van der Waals surface area contributed by atoms with Gasteiger partial charge in [0, 0.05) is 19.2 Å². The average Bonchev–Trinajstić information content (AvgIpc) is 2.63. The standard InChI is InChI=1S/C12H13F3N2O2.C5H11N/c13-12(14,15)9-4-5-10(11(8-9)17(18)19)16-6-2-1-3-7-16;1-2-4-6-5-3-1/h4-5,8H,1-3,6-7H2;6H,1-5H2. The van der Waals surface area contributed by atoms with Crippen molar-refractivity contribution in [2.24, 2.45) is 0 Å². The van der Waals surface area contributed by atoms with E-state index in [1.165, 1.54) is 38.4 Å². The first-order valence-electron chi connectivity index (χ1n) is 8.71. The normalized spacial score (nSPS) is 18.3. The third kappa shape index (κ3) is 5.88.